The maximum Gasteiger partial charge on any atom is 0.211 e. The summed E-state index contributed by atoms with van der Waals surface area (Å²) in [6, 6.07) is 8.50. The quantitative estimate of drug-likeness (QED) is 0.660. The summed E-state index contributed by atoms with van der Waals surface area (Å²) in [5.74, 6) is -0.866. The summed E-state index contributed by atoms with van der Waals surface area (Å²) < 4.78 is 55.5. The molecule has 1 aliphatic rings. The van der Waals surface area contributed by atoms with Crippen LogP contribution in [-0.2, 0) is 16.6 Å². The highest BCUT2D eigenvalue weighted by molar-refractivity contribution is 7.88. The van der Waals surface area contributed by atoms with Crippen LogP contribution >= 0.6 is 0 Å². The third-order valence-corrected chi connectivity index (χ3v) is 7.12. The lowest BCUT2D eigenvalue weighted by molar-refractivity contribution is 0.0178. The van der Waals surface area contributed by atoms with Gasteiger partial charge in [0.2, 0.25) is 10.0 Å². The molecule has 1 fully saturated rings. The first-order valence-electron chi connectivity index (χ1n) is 9.47. The Kier molecular flexibility index (Phi) is 4.53. The Morgan fingerprint density at radius 1 is 1.10 bits per heavy atom. The molecule has 4 rings (SSSR count). The minimum Gasteiger partial charge on any atom is -0.387 e. The van der Waals surface area contributed by atoms with Gasteiger partial charge in [0, 0.05) is 33.9 Å². The molecule has 3 aromatic rings. The van der Waals surface area contributed by atoms with Crippen LogP contribution in [0.4, 0.5) is 8.78 Å². The number of aliphatic hydroxyl groups is 1. The average Bonchev–Trinajstić information content (AvgIpc) is 3.29. The molecule has 1 heterocycles. The highest BCUT2D eigenvalue weighted by atomic mass is 32.2. The molecule has 2 aromatic carbocycles. The SMILES string of the molecule is CC(O)(CN(C1(C)CC1)S(C)(=O)=O)Cn1c2ccc(F)cc2c2cc(F)ccc21. The second-order valence-corrected chi connectivity index (χ2v) is 10.6. The molecule has 1 aromatic heterocycles. The van der Waals surface area contributed by atoms with Crippen LogP contribution < -0.4 is 0 Å². The van der Waals surface area contributed by atoms with Gasteiger partial charge in [0.05, 0.1) is 18.4 Å². The van der Waals surface area contributed by atoms with E-state index in [1.807, 2.05) is 6.92 Å². The molecule has 156 valence electrons. The summed E-state index contributed by atoms with van der Waals surface area (Å²) in [4.78, 5) is 0. The molecular weight excluding hydrogens is 398 g/mol. The monoisotopic (exact) mass is 422 g/mol. The van der Waals surface area contributed by atoms with E-state index in [1.54, 1.807) is 23.6 Å². The van der Waals surface area contributed by atoms with Crippen molar-refractivity contribution in [3.05, 3.63) is 48.0 Å². The highest BCUT2D eigenvalue weighted by Gasteiger charge is 2.49. The molecule has 1 saturated carbocycles. The number of sulfonamides is 1. The molecule has 29 heavy (non-hydrogen) atoms. The number of benzene rings is 2. The van der Waals surface area contributed by atoms with Gasteiger partial charge in [0.1, 0.15) is 11.6 Å². The zero-order chi connectivity index (χ0) is 21.2. The van der Waals surface area contributed by atoms with Crippen LogP contribution in [0.25, 0.3) is 21.8 Å². The van der Waals surface area contributed by atoms with Crippen LogP contribution in [0.15, 0.2) is 36.4 Å². The summed E-state index contributed by atoms with van der Waals surface area (Å²) in [7, 11) is -3.50. The summed E-state index contributed by atoms with van der Waals surface area (Å²) in [6.45, 7) is 3.47. The number of nitrogens with zero attached hydrogens (tertiary/aromatic N) is 2. The van der Waals surface area contributed by atoms with E-state index in [1.165, 1.54) is 28.6 Å². The number of hydrogen-bond acceptors (Lipinski definition) is 3. The smallest absolute Gasteiger partial charge is 0.211 e. The fraction of sp³-hybridized carbons (Fsp3) is 0.429. The third kappa shape index (κ3) is 3.76. The molecular formula is C21H24F2N2O3S. The lowest BCUT2D eigenvalue weighted by atomic mass is 10.1. The summed E-state index contributed by atoms with van der Waals surface area (Å²) in [5, 5.41) is 12.3. The molecule has 8 heteroatoms. The van der Waals surface area contributed by atoms with Crippen molar-refractivity contribution >= 4 is 31.8 Å². The van der Waals surface area contributed by atoms with Crippen molar-refractivity contribution in [3.63, 3.8) is 0 Å². The maximum atomic E-state index is 13.8. The Morgan fingerprint density at radius 3 is 2.00 bits per heavy atom. The zero-order valence-corrected chi connectivity index (χ0v) is 17.4. The minimum absolute atomic E-state index is 0.0636. The van der Waals surface area contributed by atoms with Crippen LogP contribution in [0, 0.1) is 11.6 Å². The molecule has 5 nitrogen and oxygen atoms in total. The summed E-state index contributed by atoms with van der Waals surface area (Å²) in [6.07, 6.45) is 2.66. The molecule has 1 aliphatic carbocycles. The normalized spacial score (nSPS) is 18.4. The van der Waals surface area contributed by atoms with Crippen molar-refractivity contribution in [3.8, 4) is 0 Å². The van der Waals surface area contributed by atoms with Gasteiger partial charge in [-0.2, -0.15) is 4.31 Å². The number of aromatic nitrogens is 1. The van der Waals surface area contributed by atoms with Gasteiger partial charge in [-0.1, -0.05) is 0 Å². The molecule has 1 unspecified atom stereocenters. The molecule has 0 bridgehead atoms. The van der Waals surface area contributed by atoms with E-state index < -0.39 is 32.8 Å². The molecule has 0 aliphatic heterocycles. The van der Waals surface area contributed by atoms with E-state index in [0.29, 0.717) is 21.8 Å². The lowest BCUT2D eigenvalue weighted by Crippen LogP contribution is -2.50. The molecule has 0 radical (unpaired) electrons. The lowest BCUT2D eigenvalue weighted by Gasteiger charge is -2.34. The predicted octanol–water partition coefficient (Wildman–Crippen LogP) is 3.64. The van der Waals surface area contributed by atoms with Crippen molar-refractivity contribution in [2.45, 2.75) is 44.4 Å². The first kappa shape index (κ1) is 20.3. The van der Waals surface area contributed by atoms with Crippen LogP contribution in [-0.4, -0.2) is 46.3 Å². The van der Waals surface area contributed by atoms with Crippen molar-refractivity contribution in [1.29, 1.82) is 0 Å². The van der Waals surface area contributed by atoms with E-state index in [2.05, 4.69) is 0 Å². The third-order valence-electron chi connectivity index (χ3n) is 5.75. The molecule has 0 amide bonds. The molecule has 0 saturated heterocycles. The Morgan fingerprint density at radius 2 is 1.59 bits per heavy atom. The predicted molar refractivity (Wildman–Crippen MR) is 109 cm³/mol. The minimum atomic E-state index is -3.50. The standard InChI is InChI=1S/C21H24F2N2O3S/c1-20(8-9-20)25(29(3,27)28)13-21(2,26)12-24-18-6-4-14(22)10-16(18)17-11-15(23)5-7-19(17)24/h4-7,10-11,26H,8-9,12-13H2,1-3H3. The number of rotatable bonds is 6. The van der Waals surface area contributed by atoms with Crippen molar-refractivity contribution in [2.75, 3.05) is 12.8 Å². The van der Waals surface area contributed by atoms with Crippen molar-refractivity contribution in [2.24, 2.45) is 0 Å². The van der Waals surface area contributed by atoms with Crippen molar-refractivity contribution in [1.82, 2.24) is 8.87 Å². The van der Waals surface area contributed by atoms with Gasteiger partial charge in [-0.15, -0.1) is 0 Å². The van der Waals surface area contributed by atoms with E-state index in [9.17, 15) is 22.3 Å². The first-order chi connectivity index (χ1) is 13.4. The first-order valence-corrected chi connectivity index (χ1v) is 11.3. The Bertz CT molecular complexity index is 1150. The fourth-order valence-electron chi connectivity index (χ4n) is 4.06. The van der Waals surface area contributed by atoms with Crippen LogP contribution in [0.1, 0.15) is 26.7 Å². The van der Waals surface area contributed by atoms with Gasteiger partial charge in [0.25, 0.3) is 0 Å². The largest absolute Gasteiger partial charge is 0.387 e. The second kappa shape index (κ2) is 6.48. The van der Waals surface area contributed by atoms with Gasteiger partial charge in [-0.05, 0) is 63.1 Å². The van der Waals surface area contributed by atoms with Crippen molar-refractivity contribution < 1.29 is 22.3 Å². The number of fused-ring (bicyclic) bond motifs is 3. The van der Waals surface area contributed by atoms with Gasteiger partial charge in [-0.3, -0.25) is 0 Å². The maximum absolute atomic E-state index is 13.8. The number of halogens is 2. The van der Waals surface area contributed by atoms with Gasteiger partial charge in [0.15, 0.2) is 0 Å². The van der Waals surface area contributed by atoms with Crippen LogP contribution in [0.5, 0.6) is 0 Å². The van der Waals surface area contributed by atoms with E-state index in [0.717, 1.165) is 19.1 Å². The molecule has 0 spiro atoms. The second-order valence-electron chi connectivity index (χ2n) is 8.67. The zero-order valence-electron chi connectivity index (χ0n) is 16.6. The summed E-state index contributed by atoms with van der Waals surface area (Å²) in [5.41, 5.74) is -0.562. The number of β-amino-alcohol motifs (C(OH)–C–C–N with tert-alkyl or cyclic N) is 1. The van der Waals surface area contributed by atoms with Gasteiger partial charge in [-0.25, -0.2) is 17.2 Å². The molecule has 1 atom stereocenters. The van der Waals surface area contributed by atoms with Gasteiger partial charge >= 0.3 is 0 Å². The Hall–Kier alpha value is -2.03. The summed E-state index contributed by atoms with van der Waals surface area (Å²) >= 11 is 0. The van der Waals surface area contributed by atoms with Crippen LogP contribution in [0.2, 0.25) is 0 Å². The van der Waals surface area contributed by atoms with Crippen LogP contribution in [0.3, 0.4) is 0 Å². The Labute approximate surface area is 168 Å². The van der Waals surface area contributed by atoms with E-state index in [-0.39, 0.29) is 13.1 Å². The fourth-order valence-corrected chi connectivity index (χ4v) is 5.55. The molecule has 1 N–H and O–H groups in total. The Balaban J connectivity index is 1.78. The topological polar surface area (TPSA) is 62.5 Å². The average molecular weight is 422 g/mol. The highest BCUT2D eigenvalue weighted by Crippen LogP contribution is 2.43. The van der Waals surface area contributed by atoms with E-state index in [4.69, 9.17) is 0 Å². The van der Waals surface area contributed by atoms with Gasteiger partial charge < -0.3 is 9.67 Å². The number of hydrogen-bond donors (Lipinski definition) is 1. The van der Waals surface area contributed by atoms with E-state index >= 15 is 0 Å².